The lowest BCUT2D eigenvalue weighted by Gasteiger charge is -2.21. The van der Waals surface area contributed by atoms with E-state index in [-0.39, 0.29) is 24.1 Å². The van der Waals surface area contributed by atoms with E-state index in [0.29, 0.717) is 12.5 Å². The molecular formula is C13H23N5O2. The monoisotopic (exact) mass is 281 g/mol. The van der Waals surface area contributed by atoms with Crippen LogP contribution in [0.3, 0.4) is 0 Å². The van der Waals surface area contributed by atoms with Crippen LogP contribution in [0.1, 0.15) is 46.0 Å². The zero-order chi connectivity index (χ0) is 14.4. The maximum absolute atomic E-state index is 5.67. The predicted molar refractivity (Wildman–Crippen MR) is 75.5 cm³/mol. The number of rotatable bonds is 6. The summed E-state index contributed by atoms with van der Waals surface area (Å²) in [5.74, 6) is 6.18. The van der Waals surface area contributed by atoms with Crippen molar-refractivity contribution in [3.63, 3.8) is 0 Å². The topological polar surface area (TPSA) is 95.2 Å². The number of hydrazine groups is 1. The van der Waals surface area contributed by atoms with Gasteiger partial charge in [-0.3, -0.25) is 5.43 Å². The average molecular weight is 281 g/mol. The Morgan fingerprint density at radius 3 is 2.50 bits per heavy atom. The molecule has 0 radical (unpaired) electrons. The predicted octanol–water partition coefficient (Wildman–Crippen LogP) is 1.90. The smallest absolute Gasteiger partial charge is 0.324 e. The Kier molecular flexibility index (Phi) is 5.34. The summed E-state index contributed by atoms with van der Waals surface area (Å²) in [5.41, 5.74) is 2.40. The Morgan fingerprint density at radius 1 is 1.15 bits per heavy atom. The fourth-order valence-electron chi connectivity index (χ4n) is 2.28. The molecule has 7 heteroatoms. The van der Waals surface area contributed by atoms with Gasteiger partial charge in [0.2, 0.25) is 5.95 Å². The number of nitrogens with two attached hydrogens (primary N) is 1. The third-order valence-electron chi connectivity index (χ3n) is 3.24. The number of nitrogens with one attached hydrogen (secondary N) is 1. The van der Waals surface area contributed by atoms with E-state index in [2.05, 4.69) is 20.4 Å². The molecule has 3 N–H and O–H groups in total. The molecule has 1 saturated carbocycles. The van der Waals surface area contributed by atoms with Gasteiger partial charge < -0.3 is 9.47 Å². The van der Waals surface area contributed by atoms with Crippen molar-refractivity contribution in [1.82, 2.24) is 15.0 Å². The first-order chi connectivity index (χ1) is 9.67. The molecule has 1 aromatic rings. The van der Waals surface area contributed by atoms with Crippen LogP contribution in [0.15, 0.2) is 0 Å². The Bertz CT molecular complexity index is 421. The molecule has 0 aliphatic heterocycles. The number of hydrogen-bond acceptors (Lipinski definition) is 7. The standard InChI is InChI=1S/C13H23N5O2/c1-9(2)20-13-16-11(18-14)15-12(17-13)19-8-10-6-4-3-5-7-10/h9-10H,3-8,14H2,1-2H3,(H,15,16,17,18). The Balaban J connectivity index is 1.98. The fourth-order valence-corrected chi connectivity index (χ4v) is 2.28. The Morgan fingerprint density at radius 2 is 1.85 bits per heavy atom. The molecule has 112 valence electrons. The molecule has 1 aliphatic rings. The zero-order valence-electron chi connectivity index (χ0n) is 12.1. The average Bonchev–Trinajstić information content (AvgIpc) is 2.45. The van der Waals surface area contributed by atoms with Crippen LogP contribution in [-0.2, 0) is 0 Å². The molecule has 20 heavy (non-hydrogen) atoms. The molecule has 2 rings (SSSR count). The van der Waals surface area contributed by atoms with E-state index >= 15 is 0 Å². The minimum absolute atomic E-state index is 0.0192. The molecule has 1 fully saturated rings. The summed E-state index contributed by atoms with van der Waals surface area (Å²) in [7, 11) is 0. The van der Waals surface area contributed by atoms with Gasteiger partial charge in [0.1, 0.15) is 0 Å². The molecule has 0 unspecified atom stereocenters. The van der Waals surface area contributed by atoms with Gasteiger partial charge in [-0.2, -0.15) is 9.97 Å². The van der Waals surface area contributed by atoms with Gasteiger partial charge in [0, 0.05) is 0 Å². The van der Waals surface area contributed by atoms with Crippen molar-refractivity contribution in [2.45, 2.75) is 52.1 Å². The number of ether oxygens (including phenoxy) is 2. The Labute approximate surface area is 119 Å². The molecular weight excluding hydrogens is 258 g/mol. The highest BCUT2D eigenvalue weighted by molar-refractivity contribution is 5.25. The first-order valence-corrected chi connectivity index (χ1v) is 7.19. The molecule has 0 spiro atoms. The van der Waals surface area contributed by atoms with Crippen LogP contribution in [0.4, 0.5) is 5.95 Å². The minimum Gasteiger partial charge on any atom is -0.463 e. The van der Waals surface area contributed by atoms with Crippen molar-refractivity contribution in [2.24, 2.45) is 11.8 Å². The summed E-state index contributed by atoms with van der Waals surface area (Å²) >= 11 is 0. The summed E-state index contributed by atoms with van der Waals surface area (Å²) in [6.07, 6.45) is 6.29. The normalized spacial score (nSPS) is 16.2. The molecule has 0 bridgehead atoms. The van der Waals surface area contributed by atoms with Gasteiger partial charge in [0.05, 0.1) is 12.7 Å². The van der Waals surface area contributed by atoms with E-state index < -0.39 is 0 Å². The molecule has 7 nitrogen and oxygen atoms in total. The molecule has 0 atom stereocenters. The van der Waals surface area contributed by atoms with E-state index in [1.165, 1.54) is 32.1 Å². The second-order valence-electron chi connectivity index (χ2n) is 5.35. The lowest BCUT2D eigenvalue weighted by Crippen LogP contribution is -2.18. The van der Waals surface area contributed by atoms with Gasteiger partial charge in [0.25, 0.3) is 0 Å². The first-order valence-electron chi connectivity index (χ1n) is 7.19. The van der Waals surface area contributed by atoms with Gasteiger partial charge in [-0.25, -0.2) is 5.84 Å². The number of aromatic nitrogens is 3. The number of hydrogen-bond donors (Lipinski definition) is 2. The van der Waals surface area contributed by atoms with E-state index in [1.54, 1.807) is 0 Å². The van der Waals surface area contributed by atoms with E-state index in [0.717, 1.165) is 0 Å². The summed E-state index contributed by atoms with van der Waals surface area (Å²) in [6.45, 7) is 4.44. The largest absolute Gasteiger partial charge is 0.463 e. The second-order valence-corrected chi connectivity index (χ2v) is 5.35. The van der Waals surface area contributed by atoms with Crippen LogP contribution in [-0.4, -0.2) is 27.7 Å². The molecule has 0 aromatic carbocycles. The Hall–Kier alpha value is -1.63. The van der Waals surface area contributed by atoms with Crippen molar-refractivity contribution in [3.05, 3.63) is 0 Å². The van der Waals surface area contributed by atoms with Gasteiger partial charge >= 0.3 is 12.0 Å². The molecule has 1 heterocycles. The van der Waals surface area contributed by atoms with Crippen LogP contribution in [0.5, 0.6) is 12.0 Å². The second kappa shape index (κ2) is 7.23. The number of nitrogens with zero attached hydrogens (tertiary/aromatic N) is 3. The van der Waals surface area contributed by atoms with E-state index in [4.69, 9.17) is 15.3 Å². The SMILES string of the molecule is CC(C)Oc1nc(NN)nc(OCC2CCCCC2)n1. The van der Waals surface area contributed by atoms with E-state index in [1.807, 2.05) is 13.8 Å². The molecule has 0 saturated heterocycles. The van der Waals surface area contributed by atoms with Crippen molar-refractivity contribution in [2.75, 3.05) is 12.0 Å². The van der Waals surface area contributed by atoms with Crippen molar-refractivity contribution in [3.8, 4) is 12.0 Å². The van der Waals surface area contributed by atoms with Crippen molar-refractivity contribution >= 4 is 5.95 Å². The number of anilines is 1. The van der Waals surface area contributed by atoms with Crippen LogP contribution in [0.2, 0.25) is 0 Å². The van der Waals surface area contributed by atoms with Gasteiger partial charge in [-0.15, -0.1) is 4.98 Å². The lowest BCUT2D eigenvalue weighted by atomic mass is 9.90. The third-order valence-corrected chi connectivity index (χ3v) is 3.24. The summed E-state index contributed by atoms with van der Waals surface area (Å²) in [6, 6.07) is 0.482. The summed E-state index contributed by atoms with van der Waals surface area (Å²) < 4.78 is 11.1. The quantitative estimate of drug-likeness (QED) is 0.607. The van der Waals surface area contributed by atoms with Gasteiger partial charge in [-0.1, -0.05) is 19.3 Å². The molecule has 1 aromatic heterocycles. The van der Waals surface area contributed by atoms with Crippen LogP contribution < -0.4 is 20.7 Å². The lowest BCUT2D eigenvalue weighted by molar-refractivity contribution is 0.185. The molecule has 1 aliphatic carbocycles. The highest BCUT2D eigenvalue weighted by Gasteiger charge is 2.16. The van der Waals surface area contributed by atoms with Crippen molar-refractivity contribution in [1.29, 1.82) is 0 Å². The maximum Gasteiger partial charge on any atom is 0.324 e. The summed E-state index contributed by atoms with van der Waals surface area (Å²) in [5, 5.41) is 0. The molecule has 0 amide bonds. The van der Waals surface area contributed by atoms with Gasteiger partial charge in [-0.05, 0) is 32.6 Å². The van der Waals surface area contributed by atoms with Crippen molar-refractivity contribution < 1.29 is 9.47 Å². The van der Waals surface area contributed by atoms with E-state index in [9.17, 15) is 0 Å². The third kappa shape index (κ3) is 4.48. The van der Waals surface area contributed by atoms with Crippen LogP contribution >= 0.6 is 0 Å². The first kappa shape index (κ1) is 14.8. The van der Waals surface area contributed by atoms with Gasteiger partial charge in [0.15, 0.2) is 0 Å². The fraction of sp³-hybridized carbons (Fsp3) is 0.769. The van der Waals surface area contributed by atoms with Crippen LogP contribution in [0, 0.1) is 5.92 Å². The van der Waals surface area contributed by atoms with Crippen LogP contribution in [0.25, 0.3) is 0 Å². The number of nitrogen functional groups attached to an aromatic ring is 1. The maximum atomic E-state index is 5.67. The zero-order valence-corrected chi connectivity index (χ0v) is 12.1. The minimum atomic E-state index is -0.0192. The summed E-state index contributed by atoms with van der Waals surface area (Å²) in [4.78, 5) is 12.3. The highest BCUT2D eigenvalue weighted by atomic mass is 16.5. The highest BCUT2D eigenvalue weighted by Crippen LogP contribution is 2.24.